The highest BCUT2D eigenvalue weighted by atomic mass is 16.5. The van der Waals surface area contributed by atoms with Crippen LogP contribution in [-0.2, 0) is 11.3 Å². The van der Waals surface area contributed by atoms with Gasteiger partial charge in [0.1, 0.15) is 6.61 Å². The van der Waals surface area contributed by atoms with E-state index in [0.29, 0.717) is 18.7 Å². The molecule has 1 heterocycles. The van der Waals surface area contributed by atoms with Gasteiger partial charge in [0.25, 0.3) is 5.91 Å². The molecule has 1 amide bonds. The molecule has 0 bridgehead atoms. The van der Waals surface area contributed by atoms with E-state index in [0.717, 1.165) is 22.4 Å². The van der Waals surface area contributed by atoms with Crippen molar-refractivity contribution in [3.63, 3.8) is 0 Å². The highest BCUT2D eigenvalue weighted by molar-refractivity contribution is 5.93. The Hall–Kier alpha value is -3.05. The second-order valence-electron chi connectivity index (χ2n) is 6.39. The van der Waals surface area contributed by atoms with Crippen LogP contribution in [0.1, 0.15) is 40.9 Å². The van der Waals surface area contributed by atoms with Crippen LogP contribution in [0.2, 0.25) is 0 Å². The lowest BCUT2D eigenvalue weighted by Gasteiger charge is -2.17. The second kappa shape index (κ2) is 7.89. The van der Waals surface area contributed by atoms with E-state index in [4.69, 9.17) is 9.94 Å². The van der Waals surface area contributed by atoms with E-state index in [1.54, 1.807) is 23.9 Å². The molecule has 0 saturated carbocycles. The summed E-state index contributed by atoms with van der Waals surface area (Å²) in [6, 6.07) is 13.4. The van der Waals surface area contributed by atoms with Crippen LogP contribution in [0, 0.1) is 0 Å². The Morgan fingerprint density at radius 2 is 2.00 bits per heavy atom. The molecule has 0 radical (unpaired) electrons. The van der Waals surface area contributed by atoms with Crippen molar-refractivity contribution in [1.82, 2.24) is 5.48 Å². The number of anilines is 1. The van der Waals surface area contributed by atoms with Crippen LogP contribution in [-0.4, -0.2) is 17.7 Å². The Kier molecular flexibility index (Phi) is 5.39. The third-order valence-electron chi connectivity index (χ3n) is 4.29. The SMILES string of the molecule is CC(=Cc1ccc(C(=O)NO)cc1)CNc1ccc2c(c1)COC=C2C. The Labute approximate surface area is 153 Å². The zero-order chi connectivity index (χ0) is 18.5. The van der Waals surface area contributed by atoms with E-state index in [-0.39, 0.29) is 0 Å². The van der Waals surface area contributed by atoms with Crippen molar-refractivity contribution in [3.8, 4) is 0 Å². The smallest absolute Gasteiger partial charge is 0.274 e. The number of nitrogens with one attached hydrogen (secondary N) is 2. The van der Waals surface area contributed by atoms with Gasteiger partial charge in [0.15, 0.2) is 0 Å². The Morgan fingerprint density at radius 3 is 2.73 bits per heavy atom. The van der Waals surface area contributed by atoms with Gasteiger partial charge in [0, 0.05) is 17.8 Å². The molecule has 0 saturated heterocycles. The van der Waals surface area contributed by atoms with Gasteiger partial charge in [-0.15, -0.1) is 0 Å². The maximum Gasteiger partial charge on any atom is 0.274 e. The molecule has 0 atom stereocenters. The minimum Gasteiger partial charge on any atom is -0.496 e. The molecule has 3 N–H and O–H groups in total. The summed E-state index contributed by atoms with van der Waals surface area (Å²) in [5.74, 6) is -0.514. The first-order valence-electron chi connectivity index (χ1n) is 8.44. The average molecular weight is 350 g/mol. The summed E-state index contributed by atoms with van der Waals surface area (Å²) in [4.78, 5) is 11.3. The summed E-state index contributed by atoms with van der Waals surface area (Å²) in [6.45, 7) is 5.42. The van der Waals surface area contributed by atoms with Crippen molar-refractivity contribution in [3.05, 3.63) is 76.6 Å². The first kappa shape index (κ1) is 17.8. The fourth-order valence-corrected chi connectivity index (χ4v) is 2.90. The maximum absolute atomic E-state index is 11.3. The van der Waals surface area contributed by atoms with Crippen molar-refractivity contribution < 1.29 is 14.7 Å². The quantitative estimate of drug-likeness (QED) is 0.558. The lowest BCUT2D eigenvalue weighted by atomic mass is 10.00. The van der Waals surface area contributed by atoms with Gasteiger partial charge in [0.05, 0.1) is 6.26 Å². The first-order chi connectivity index (χ1) is 12.6. The third kappa shape index (κ3) is 4.13. The molecule has 0 spiro atoms. The van der Waals surface area contributed by atoms with Gasteiger partial charge in [-0.25, -0.2) is 5.48 Å². The van der Waals surface area contributed by atoms with Gasteiger partial charge in [-0.1, -0.05) is 29.8 Å². The molecular formula is C21H22N2O3. The molecule has 5 nitrogen and oxygen atoms in total. The van der Waals surface area contributed by atoms with Crippen LogP contribution in [0.5, 0.6) is 0 Å². The van der Waals surface area contributed by atoms with Crippen LogP contribution in [0.15, 0.2) is 54.3 Å². The molecule has 0 aliphatic carbocycles. The molecule has 26 heavy (non-hydrogen) atoms. The fourth-order valence-electron chi connectivity index (χ4n) is 2.90. The van der Waals surface area contributed by atoms with Gasteiger partial charge in [-0.05, 0) is 60.4 Å². The predicted molar refractivity (Wildman–Crippen MR) is 103 cm³/mol. The van der Waals surface area contributed by atoms with Crippen LogP contribution in [0.4, 0.5) is 5.69 Å². The number of fused-ring (bicyclic) bond motifs is 1. The lowest BCUT2D eigenvalue weighted by Crippen LogP contribution is -2.18. The van der Waals surface area contributed by atoms with Crippen molar-refractivity contribution in [1.29, 1.82) is 0 Å². The number of hydrogen-bond donors (Lipinski definition) is 3. The molecule has 0 aromatic heterocycles. The zero-order valence-electron chi connectivity index (χ0n) is 14.9. The number of rotatable bonds is 5. The standard InChI is InChI=1S/C21H22N2O3/c1-14(9-16-3-5-17(6-4-16)21(24)23-25)11-22-19-7-8-20-15(2)12-26-13-18(20)10-19/h3-10,12,22,25H,11,13H2,1-2H3,(H,23,24). The number of benzene rings is 2. The molecule has 3 rings (SSSR count). The van der Waals surface area contributed by atoms with Gasteiger partial charge < -0.3 is 10.1 Å². The summed E-state index contributed by atoms with van der Waals surface area (Å²) in [5.41, 5.74) is 8.84. The molecule has 1 aliphatic rings. The Morgan fingerprint density at radius 1 is 1.23 bits per heavy atom. The minimum atomic E-state index is -0.514. The Bertz CT molecular complexity index is 867. The average Bonchev–Trinajstić information content (AvgIpc) is 2.66. The summed E-state index contributed by atoms with van der Waals surface area (Å²) in [7, 11) is 0. The van der Waals surface area contributed by atoms with Crippen molar-refractivity contribution in [2.45, 2.75) is 20.5 Å². The molecule has 0 fully saturated rings. The second-order valence-corrected chi connectivity index (χ2v) is 6.39. The third-order valence-corrected chi connectivity index (χ3v) is 4.29. The number of carbonyl (C=O) groups is 1. The van der Waals surface area contributed by atoms with Crippen LogP contribution >= 0.6 is 0 Å². The molecule has 5 heteroatoms. The molecule has 0 unspecified atom stereocenters. The molecule has 2 aromatic carbocycles. The van der Waals surface area contributed by atoms with E-state index in [1.165, 1.54) is 11.1 Å². The topological polar surface area (TPSA) is 70.6 Å². The first-order valence-corrected chi connectivity index (χ1v) is 8.44. The molecular weight excluding hydrogens is 328 g/mol. The van der Waals surface area contributed by atoms with Crippen LogP contribution in [0.3, 0.4) is 0 Å². The Balaban J connectivity index is 1.63. The summed E-state index contributed by atoms with van der Waals surface area (Å²) in [6.07, 6.45) is 3.86. The van der Waals surface area contributed by atoms with Gasteiger partial charge in [0.2, 0.25) is 0 Å². The van der Waals surface area contributed by atoms with E-state index in [9.17, 15) is 4.79 Å². The summed E-state index contributed by atoms with van der Waals surface area (Å²) >= 11 is 0. The number of hydrogen-bond acceptors (Lipinski definition) is 4. The number of carbonyl (C=O) groups excluding carboxylic acids is 1. The predicted octanol–water partition coefficient (Wildman–Crippen LogP) is 4.21. The van der Waals surface area contributed by atoms with Gasteiger partial charge in [-0.2, -0.15) is 0 Å². The minimum absolute atomic E-state index is 0.418. The highest BCUT2D eigenvalue weighted by Gasteiger charge is 2.10. The van der Waals surface area contributed by atoms with E-state index < -0.39 is 5.91 Å². The van der Waals surface area contributed by atoms with Gasteiger partial charge in [-0.3, -0.25) is 10.0 Å². The fraction of sp³-hybridized carbons (Fsp3) is 0.190. The number of amides is 1. The summed E-state index contributed by atoms with van der Waals surface area (Å²) < 4.78 is 5.46. The maximum atomic E-state index is 11.3. The van der Waals surface area contributed by atoms with Crippen molar-refractivity contribution >= 4 is 23.2 Å². The summed E-state index contributed by atoms with van der Waals surface area (Å²) in [5, 5.41) is 12.1. The largest absolute Gasteiger partial charge is 0.496 e. The van der Waals surface area contributed by atoms with Crippen LogP contribution in [0.25, 0.3) is 11.6 Å². The van der Waals surface area contributed by atoms with E-state index >= 15 is 0 Å². The van der Waals surface area contributed by atoms with E-state index in [1.807, 2.05) is 19.1 Å². The van der Waals surface area contributed by atoms with Crippen LogP contribution < -0.4 is 10.8 Å². The van der Waals surface area contributed by atoms with E-state index in [2.05, 4.69) is 36.5 Å². The molecule has 2 aromatic rings. The van der Waals surface area contributed by atoms with Crippen molar-refractivity contribution in [2.75, 3.05) is 11.9 Å². The molecule has 1 aliphatic heterocycles. The van der Waals surface area contributed by atoms with Gasteiger partial charge >= 0.3 is 0 Å². The number of hydroxylamine groups is 1. The normalized spacial score (nSPS) is 13.3. The monoisotopic (exact) mass is 350 g/mol. The number of allylic oxidation sites excluding steroid dienone is 1. The lowest BCUT2D eigenvalue weighted by molar-refractivity contribution is 0.0706. The highest BCUT2D eigenvalue weighted by Crippen LogP contribution is 2.27. The van der Waals surface area contributed by atoms with Crippen molar-refractivity contribution in [2.24, 2.45) is 0 Å². The number of ether oxygens (including phenoxy) is 1. The zero-order valence-corrected chi connectivity index (χ0v) is 14.9. The molecule has 134 valence electrons.